The van der Waals surface area contributed by atoms with Crippen molar-refractivity contribution in [2.24, 2.45) is 7.05 Å². The zero-order valence-electron chi connectivity index (χ0n) is 16.8. The van der Waals surface area contributed by atoms with Crippen molar-refractivity contribution in [1.29, 1.82) is 0 Å². The number of imidazole rings is 1. The lowest BCUT2D eigenvalue weighted by Crippen LogP contribution is -2.36. The van der Waals surface area contributed by atoms with Crippen LogP contribution in [0.3, 0.4) is 0 Å². The molecule has 0 aliphatic carbocycles. The molecule has 30 heavy (non-hydrogen) atoms. The zero-order chi connectivity index (χ0) is 21.7. The number of pyridine rings is 2. The molecule has 0 aromatic carbocycles. The van der Waals surface area contributed by atoms with E-state index in [1.54, 1.807) is 18.3 Å². The van der Waals surface area contributed by atoms with Gasteiger partial charge in [-0.15, -0.1) is 0 Å². The molecule has 4 rings (SSSR count). The number of aromatic nitrogens is 4. The Morgan fingerprint density at radius 2 is 2.10 bits per heavy atom. The maximum absolute atomic E-state index is 12.5. The number of carboxylic acid groups (broad SMARTS) is 1. The van der Waals surface area contributed by atoms with Crippen LogP contribution in [0.25, 0.3) is 16.9 Å². The molecule has 0 saturated heterocycles. The van der Waals surface area contributed by atoms with E-state index < -0.39 is 6.47 Å². The number of nitrogens with zero attached hydrogens (tertiary/aromatic N) is 4. The summed E-state index contributed by atoms with van der Waals surface area (Å²) < 4.78 is 9.17. The van der Waals surface area contributed by atoms with Gasteiger partial charge in [-0.3, -0.25) is 9.20 Å². The molecule has 4 aromatic rings. The number of rotatable bonds is 4. The van der Waals surface area contributed by atoms with Crippen LogP contribution in [0.5, 0.6) is 0 Å². The molecule has 0 radical (unpaired) electrons. The molecule has 0 spiro atoms. The minimum atomic E-state index is -0.500. The van der Waals surface area contributed by atoms with Crippen molar-refractivity contribution >= 4 is 18.0 Å². The van der Waals surface area contributed by atoms with E-state index in [0.29, 0.717) is 17.8 Å². The van der Waals surface area contributed by atoms with E-state index in [9.17, 15) is 4.79 Å². The first-order valence-corrected chi connectivity index (χ1v) is 9.14. The maximum atomic E-state index is 12.5. The summed E-state index contributed by atoms with van der Waals surface area (Å²) in [5, 5.41) is 15.2. The predicted octanol–water partition coefficient (Wildman–Crippen LogP) is 0.727. The Kier molecular flexibility index (Phi) is 6.21. The molecule has 0 saturated carbocycles. The van der Waals surface area contributed by atoms with E-state index >= 15 is 0 Å². The summed E-state index contributed by atoms with van der Waals surface area (Å²) in [6.45, 7) is 3.73. The third-order valence-corrected chi connectivity index (χ3v) is 4.66. The highest BCUT2D eigenvalue weighted by molar-refractivity contribution is 5.95. The van der Waals surface area contributed by atoms with Crippen molar-refractivity contribution in [3.05, 3.63) is 71.6 Å². The molecule has 0 aliphatic heterocycles. The number of fused-ring (bicyclic) bond motifs is 1. The number of hydrogen-bond donors (Lipinski definition) is 1. The first-order chi connectivity index (χ1) is 14.5. The van der Waals surface area contributed by atoms with Crippen LogP contribution in [-0.2, 0) is 18.4 Å². The molecular weight excluding hydrogens is 386 g/mol. The lowest BCUT2D eigenvalue weighted by Gasteiger charge is -2.06. The summed E-state index contributed by atoms with van der Waals surface area (Å²) in [6.07, 6.45) is 5.57. The van der Waals surface area contributed by atoms with Gasteiger partial charge in [0.15, 0.2) is 11.9 Å². The van der Waals surface area contributed by atoms with Gasteiger partial charge < -0.3 is 19.7 Å². The molecule has 0 bridgehead atoms. The van der Waals surface area contributed by atoms with Crippen LogP contribution in [0.15, 0.2) is 53.4 Å². The van der Waals surface area contributed by atoms with Gasteiger partial charge in [0.05, 0.1) is 23.1 Å². The molecule has 4 heterocycles. The molecule has 154 valence electrons. The largest absolute Gasteiger partial charge is 0.554 e. The highest BCUT2D eigenvalue weighted by atomic mass is 16.5. The van der Waals surface area contributed by atoms with Crippen LogP contribution in [0.1, 0.15) is 27.5 Å². The Labute approximate surface area is 172 Å². The van der Waals surface area contributed by atoms with Crippen molar-refractivity contribution in [3.8, 4) is 11.3 Å². The van der Waals surface area contributed by atoms with E-state index in [4.69, 9.17) is 14.4 Å². The Morgan fingerprint density at radius 3 is 2.77 bits per heavy atom. The number of hydrogen-bond acceptors (Lipinski definition) is 6. The number of carbonyl (C=O) groups excluding carboxylic acids is 2. The van der Waals surface area contributed by atoms with Crippen LogP contribution in [0.4, 0.5) is 0 Å². The molecular formula is C21H21N5O4. The van der Waals surface area contributed by atoms with E-state index in [1.165, 1.54) is 0 Å². The highest BCUT2D eigenvalue weighted by Gasteiger charge is 2.17. The van der Waals surface area contributed by atoms with Crippen LogP contribution in [-0.4, -0.2) is 26.9 Å². The summed E-state index contributed by atoms with van der Waals surface area (Å²) in [5.74, 6) is 0.607. The molecule has 9 nitrogen and oxygen atoms in total. The first kappa shape index (κ1) is 20.7. The van der Waals surface area contributed by atoms with E-state index in [0.717, 1.165) is 28.4 Å². The molecule has 0 unspecified atom stereocenters. The summed E-state index contributed by atoms with van der Waals surface area (Å²) >= 11 is 0. The second-order valence-corrected chi connectivity index (χ2v) is 6.57. The summed E-state index contributed by atoms with van der Waals surface area (Å²) in [4.78, 5) is 25.2. The number of aryl methyl sites for hydroxylation is 3. The van der Waals surface area contributed by atoms with E-state index in [-0.39, 0.29) is 5.91 Å². The Morgan fingerprint density at radius 1 is 1.33 bits per heavy atom. The number of amides is 1. The van der Waals surface area contributed by atoms with Crippen LogP contribution < -0.4 is 15.0 Å². The third kappa shape index (κ3) is 4.19. The monoisotopic (exact) mass is 407 g/mol. The lowest BCUT2D eigenvalue weighted by atomic mass is 10.1. The van der Waals surface area contributed by atoms with Gasteiger partial charge in [0, 0.05) is 30.4 Å². The molecule has 1 amide bonds. The molecule has 4 aromatic heterocycles. The molecule has 0 atom stereocenters. The summed E-state index contributed by atoms with van der Waals surface area (Å²) in [5.41, 5.74) is 4.92. The molecule has 1 N–H and O–H groups in total. The zero-order valence-corrected chi connectivity index (χ0v) is 16.8. The third-order valence-electron chi connectivity index (χ3n) is 4.66. The quantitative estimate of drug-likeness (QED) is 0.394. The van der Waals surface area contributed by atoms with Gasteiger partial charge >= 0.3 is 0 Å². The van der Waals surface area contributed by atoms with Gasteiger partial charge in [-0.05, 0) is 26.0 Å². The number of carbonyl (C=O) groups is 2. The SMILES string of the molecule is Cc1noc(C)c1-c1cnc2cc(C(=O)NCc3cccc[n+]3C)ccn12.O=C[O-]. The van der Waals surface area contributed by atoms with Crippen molar-refractivity contribution in [1.82, 2.24) is 19.9 Å². The van der Waals surface area contributed by atoms with E-state index in [2.05, 4.69) is 15.5 Å². The fourth-order valence-corrected chi connectivity index (χ4v) is 3.17. The molecule has 0 aliphatic rings. The van der Waals surface area contributed by atoms with Gasteiger partial charge in [0.2, 0.25) is 0 Å². The van der Waals surface area contributed by atoms with Crippen molar-refractivity contribution in [2.45, 2.75) is 20.4 Å². The highest BCUT2D eigenvalue weighted by Crippen LogP contribution is 2.27. The summed E-state index contributed by atoms with van der Waals surface area (Å²) in [6, 6.07) is 9.45. The summed E-state index contributed by atoms with van der Waals surface area (Å²) in [7, 11) is 1.95. The van der Waals surface area contributed by atoms with Crippen LogP contribution >= 0.6 is 0 Å². The smallest absolute Gasteiger partial charge is 0.251 e. The molecule has 9 heteroatoms. The van der Waals surface area contributed by atoms with Crippen LogP contribution in [0.2, 0.25) is 0 Å². The van der Waals surface area contributed by atoms with Gasteiger partial charge in [0.25, 0.3) is 5.91 Å². The van der Waals surface area contributed by atoms with Crippen molar-refractivity contribution in [3.63, 3.8) is 0 Å². The fourth-order valence-electron chi connectivity index (χ4n) is 3.17. The van der Waals surface area contributed by atoms with Crippen molar-refractivity contribution in [2.75, 3.05) is 0 Å². The minimum Gasteiger partial charge on any atom is -0.554 e. The van der Waals surface area contributed by atoms with Crippen molar-refractivity contribution < 1.29 is 23.8 Å². The van der Waals surface area contributed by atoms with Crippen LogP contribution in [0, 0.1) is 13.8 Å². The Balaban J connectivity index is 0.000000806. The normalized spacial score (nSPS) is 10.4. The minimum absolute atomic E-state index is 0.136. The average molecular weight is 407 g/mol. The first-order valence-electron chi connectivity index (χ1n) is 9.14. The Hall–Kier alpha value is -4.01. The van der Waals surface area contributed by atoms with E-state index in [1.807, 2.05) is 60.5 Å². The average Bonchev–Trinajstić information content (AvgIpc) is 3.29. The van der Waals surface area contributed by atoms with Gasteiger partial charge in [-0.2, -0.15) is 0 Å². The second-order valence-electron chi connectivity index (χ2n) is 6.57. The fraction of sp³-hybridized carbons (Fsp3) is 0.190. The topological polar surface area (TPSA) is 116 Å². The van der Waals surface area contributed by atoms with Gasteiger partial charge in [-0.1, -0.05) is 11.2 Å². The number of nitrogens with one attached hydrogen (secondary N) is 1. The lowest BCUT2D eigenvalue weighted by molar-refractivity contribution is -0.679. The Bertz CT molecular complexity index is 1180. The van der Waals surface area contributed by atoms with Gasteiger partial charge in [-0.25, -0.2) is 9.55 Å². The maximum Gasteiger partial charge on any atom is 0.251 e. The predicted molar refractivity (Wildman–Crippen MR) is 105 cm³/mol. The van der Waals surface area contributed by atoms with Gasteiger partial charge in [0.1, 0.15) is 25.0 Å². The second kappa shape index (κ2) is 8.99. The standard InChI is InChI=1S/C20H19N5O2.CH2O2/c1-13-19(14(2)27-23-13)17-12-21-18-10-15(7-9-25(17)18)20(26)22-11-16-6-4-5-8-24(16)3;2-1-3/h4-10,12H,11H2,1-3H3;1H,(H,2,3). The molecule has 0 fully saturated rings.